The molecule has 34 heavy (non-hydrogen) atoms. The van der Waals surface area contributed by atoms with Gasteiger partial charge in [0.2, 0.25) is 12.1 Å². The first kappa shape index (κ1) is 24.4. The van der Waals surface area contributed by atoms with Gasteiger partial charge in [0, 0.05) is 26.0 Å². The molecule has 2 saturated heterocycles. The molecule has 0 saturated carbocycles. The lowest BCUT2D eigenvalue weighted by atomic mass is 10.1. The molecule has 11 nitrogen and oxygen atoms in total. The Morgan fingerprint density at radius 2 is 2.03 bits per heavy atom. The quantitative estimate of drug-likeness (QED) is 0.513. The number of para-hydroxylation sites is 1. The zero-order valence-corrected chi connectivity index (χ0v) is 18.9. The lowest BCUT2D eigenvalue weighted by molar-refractivity contribution is -0.140. The minimum absolute atomic E-state index is 0.148. The minimum Gasteiger partial charge on any atom is -0.413 e. The molecule has 14 heteroatoms. The van der Waals surface area contributed by atoms with Crippen LogP contribution in [0.25, 0.3) is 0 Å². The van der Waals surface area contributed by atoms with Crippen LogP contribution in [0.1, 0.15) is 12.6 Å². The molecule has 4 rings (SSSR count). The number of rotatable bonds is 8. The van der Waals surface area contributed by atoms with Crippen LogP contribution in [0.2, 0.25) is 0 Å². The molecule has 2 aliphatic rings. The third-order valence-electron chi connectivity index (χ3n) is 5.49. The highest BCUT2D eigenvalue weighted by Gasteiger charge is 2.60. The monoisotopic (exact) mass is 500 g/mol. The van der Waals surface area contributed by atoms with E-state index in [0.717, 1.165) is 12.4 Å². The number of nitrogens with one attached hydrogen (secondary N) is 1. The van der Waals surface area contributed by atoms with Crippen LogP contribution >= 0.6 is 7.75 Å². The van der Waals surface area contributed by atoms with Crippen molar-refractivity contribution < 1.29 is 37.0 Å². The van der Waals surface area contributed by atoms with E-state index >= 15 is 0 Å². The number of likely N-dealkylation sites (tertiary alicyclic amines) is 1. The highest BCUT2D eigenvalue weighted by molar-refractivity contribution is 7.52. The van der Waals surface area contributed by atoms with E-state index in [2.05, 4.69) is 10.1 Å². The molecule has 0 spiro atoms. The number of benzene rings is 1. The molecule has 0 bridgehead atoms. The SMILES string of the molecule is CN1CCC(N[P@](=O)(OCC2O[C@@H](n3cccnc3=O)C(F)(F)[C@@H]2O)Oc2ccccc2)C1=O. The average molecular weight is 500 g/mol. The van der Waals surface area contributed by atoms with E-state index in [1.54, 1.807) is 25.2 Å². The van der Waals surface area contributed by atoms with E-state index < -0.39 is 50.4 Å². The van der Waals surface area contributed by atoms with Crippen molar-refractivity contribution in [2.24, 2.45) is 0 Å². The van der Waals surface area contributed by atoms with Gasteiger partial charge in [-0.3, -0.25) is 13.9 Å². The molecule has 184 valence electrons. The molecule has 2 N–H and O–H groups in total. The maximum atomic E-state index is 14.7. The first-order valence-corrected chi connectivity index (χ1v) is 11.9. The Morgan fingerprint density at radius 1 is 1.29 bits per heavy atom. The van der Waals surface area contributed by atoms with Gasteiger partial charge in [-0.25, -0.2) is 14.3 Å². The number of halogens is 2. The summed E-state index contributed by atoms with van der Waals surface area (Å²) < 4.78 is 59.6. The van der Waals surface area contributed by atoms with Crippen LogP contribution in [-0.4, -0.2) is 69.8 Å². The predicted molar refractivity (Wildman–Crippen MR) is 113 cm³/mol. The van der Waals surface area contributed by atoms with Gasteiger partial charge in [0.15, 0.2) is 6.10 Å². The first-order valence-electron chi connectivity index (χ1n) is 10.4. The second-order valence-electron chi connectivity index (χ2n) is 7.88. The third kappa shape index (κ3) is 4.89. The minimum atomic E-state index is -4.29. The van der Waals surface area contributed by atoms with Crippen LogP contribution in [-0.2, 0) is 18.6 Å². The molecule has 2 aliphatic heterocycles. The second-order valence-corrected chi connectivity index (χ2v) is 9.58. The molecule has 1 amide bonds. The molecule has 0 radical (unpaired) electrons. The van der Waals surface area contributed by atoms with E-state index in [1.165, 1.54) is 23.1 Å². The highest BCUT2D eigenvalue weighted by atomic mass is 31.2. The Labute approximate surface area is 192 Å². The largest absolute Gasteiger partial charge is 0.459 e. The lowest BCUT2D eigenvalue weighted by Crippen LogP contribution is -2.42. The fourth-order valence-electron chi connectivity index (χ4n) is 3.67. The van der Waals surface area contributed by atoms with Gasteiger partial charge >= 0.3 is 19.4 Å². The summed E-state index contributed by atoms with van der Waals surface area (Å²) in [6, 6.07) is 8.33. The second kappa shape index (κ2) is 9.51. The van der Waals surface area contributed by atoms with Crippen molar-refractivity contribution in [3.63, 3.8) is 0 Å². The summed E-state index contributed by atoms with van der Waals surface area (Å²) in [6.45, 7) is -0.365. The average Bonchev–Trinajstić information content (AvgIpc) is 3.23. The van der Waals surface area contributed by atoms with Gasteiger partial charge < -0.3 is 19.3 Å². The summed E-state index contributed by atoms with van der Waals surface area (Å²) in [7, 11) is -2.71. The molecule has 3 heterocycles. The number of aliphatic hydroxyl groups excluding tert-OH is 1. The standard InChI is InChI=1S/C20H23F2N4O7P/c1-25-11-8-14(17(25)28)24-34(30,33-13-6-3-2-4-7-13)31-12-15-16(27)20(21,22)18(32-15)26-10-5-9-23-19(26)29/h2-7,9-10,14-16,18,27H,8,11-12H2,1H3,(H,24,30)/t14?,15?,16-,18-,34+/m1/s1. The predicted octanol–water partition coefficient (Wildman–Crippen LogP) is 1.16. The molecular weight excluding hydrogens is 477 g/mol. The first-order chi connectivity index (χ1) is 16.1. The Hall–Kier alpha value is -2.70. The van der Waals surface area contributed by atoms with Crippen molar-refractivity contribution in [1.82, 2.24) is 19.5 Å². The maximum Gasteiger partial charge on any atom is 0.459 e. The number of aliphatic hydroxyl groups is 1. The van der Waals surface area contributed by atoms with Crippen LogP contribution in [0, 0.1) is 0 Å². The molecular formula is C20H23F2N4O7P. The molecule has 1 aromatic heterocycles. The number of alkyl halides is 2. The normalized spacial score (nSPS) is 28.1. The van der Waals surface area contributed by atoms with E-state index in [-0.39, 0.29) is 11.7 Å². The summed E-state index contributed by atoms with van der Waals surface area (Å²) >= 11 is 0. The molecule has 2 unspecified atom stereocenters. The topological polar surface area (TPSA) is 132 Å². The number of hydrogen-bond acceptors (Lipinski definition) is 8. The van der Waals surface area contributed by atoms with E-state index in [0.29, 0.717) is 17.5 Å². The van der Waals surface area contributed by atoms with Crippen molar-refractivity contribution in [1.29, 1.82) is 0 Å². The van der Waals surface area contributed by atoms with Crippen molar-refractivity contribution in [2.45, 2.75) is 36.8 Å². The van der Waals surface area contributed by atoms with Gasteiger partial charge in [-0.05, 0) is 24.6 Å². The Balaban J connectivity index is 1.52. The van der Waals surface area contributed by atoms with Crippen LogP contribution in [0.3, 0.4) is 0 Å². The van der Waals surface area contributed by atoms with E-state index in [4.69, 9.17) is 13.8 Å². The molecule has 0 aliphatic carbocycles. The van der Waals surface area contributed by atoms with Gasteiger partial charge in [-0.15, -0.1) is 0 Å². The van der Waals surface area contributed by atoms with Gasteiger partial charge in [0.25, 0.3) is 0 Å². The van der Waals surface area contributed by atoms with Gasteiger partial charge in [-0.1, -0.05) is 18.2 Å². The number of carbonyl (C=O) groups is 1. The van der Waals surface area contributed by atoms with E-state index in [9.17, 15) is 28.0 Å². The number of carbonyl (C=O) groups excluding carboxylic acids is 1. The lowest BCUT2D eigenvalue weighted by Gasteiger charge is -2.24. The van der Waals surface area contributed by atoms with Crippen LogP contribution in [0.4, 0.5) is 8.78 Å². The number of hydrogen-bond donors (Lipinski definition) is 2. The molecule has 1 aromatic carbocycles. The van der Waals surface area contributed by atoms with Crippen LogP contribution in [0.15, 0.2) is 53.6 Å². The Bertz CT molecular complexity index is 1140. The number of likely N-dealkylation sites (N-methyl/N-ethyl adjacent to an activating group) is 1. The molecule has 2 fully saturated rings. The number of ether oxygens (including phenoxy) is 1. The summed E-state index contributed by atoms with van der Waals surface area (Å²) in [5, 5.41) is 12.7. The third-order valence-corrected chi connectivity index (χ3v) is 7.06. The number of nitrogens with zero attached hydrogens (tertiary/aromatic N) is 3. The zero-order chi connectivity index (χ0) is 24.5. The van der Waals surface area contributed by atoms with Crippen molar-refractivity contribution in [3.05, 3.63) is 59.3 Å². The summed E-state index contributed by atoms with van der Waals surface area (Å²) in [6.07, 6.45) is -3.68. The van der Waals surface area contributed by atoms with Gasteiger partial charge in [0.1, 0.15) is 11.9 Å². The highest BCUT2D eigenvalue weighted by Crippen LogP contribution is 2.48. The van der Waals surface area contributed by atoms with Crippen LogP contribution < -0.4 is 15.3 Å². The zero-order valence-electron chi connectivity index (χ0n) is 18.0. The summed E-state index contributed by atoms with van der Waals surface area (Å²) in [5.41, 5.74) is -0.996. The Kier molecular flexibility index (Phi) is 6.83. The van der Waals surface area contributed by atoms with E-state index in [1.807, 2.05) is 0 Å². The number of aromatic nitrogens is 2. The number of amides is 1. The fourth-order valence-corrected chi connectivity index (χ4v) is 5.21. The van der Waals surface area contributed by atoms with Crippen LogP contribution in [0.5, 0.6) is 5.75 Å². The summed E-state index contributed by atoms with van der Waals surface area (Å²) in [4.78, 5) is 29.0. The fraction of sp³-hybridized carbons (Fsp3) is 0.450. The van der Waals surface area contributed by atoms with Crippen molar-refractivity contribution >= 4 is 13.7 Å². The van der Waals surface area contributed by atoms with Crippen molar-refractivity contribution in [3.8, 4) is 5.75 Å². The van der Waals surface area contributed by atoms with Gasteiger partial charge in [-0.2, -0.15) is 13.9 Å². The van der Waals surface area contributed by atoms with Gasteiger partial charge in [0.05, 0.1) is 12.6 Å². The molecule has 5 atom stereocenters. The Morgan fingerprint density at radius 3 is 2.68 bits per heavy atom. The summed E-state index contributed by atoms with van der Waals surface area (Å²) in [5.74, 6) is -4.06. The molecule has 2 aromatic rings. The smallest absolute Gasteiger partial charge is 0.413 e. The van der Waals surface area contributed by atoms with Crippen molar-refractivity contribution in [2.75, 3.05) is 20.2 Å². The maximum absolute atomic E-state index is 14.7.